The van der Waals surface area contributed by atoms with Crippen molar-refractivity contribution in [3.63, 3.8) is 0 Å². The van der Waals surface area contributed by atoms with Crippen LogP contribution in [0.15, 0.2) is 54.9 Å². The minimum atomic E-state index is -0.801. The molecule has 0 saturated carbocycles. The highest BCUT2D eigenvalue weighted by atomic mass is 19.1. The number of nitrogens with two attached hydrogens (primary N) is 1. The Balaban J connectivity index is 1.62. The highest BCUT2D eigenvalue weighted by Gasteiger charge is 2.18. The number of benzene rings is 2. The van der Waals surface area contributed by atoms with Crippen molar-refractivity contribution in [2.45, 2.75) is 6.54 Å². The van der Waals surface area contributed by atoms with Crippen LogP contribution < -0.4 is 15.8 Å². The molecule has 0 bridgehead atoms. The number of hydrogen-bond acceptors (Lipinski definition) is 7. The molecular weight excluding hydrogens is 403 g/mol. The molecule has 4 aromatic rings. The van der Waals surface area contributed by atoms with Gasteiger partial charge in [-0.05, 0) is 24.3 Å². The number of ether oxygens (including phenoxy) is 2. The molecule has 0 saturated heterocycles. The molecule has 0 radical (unpaired) electrons. The van der Waals surface area contributed by atoms with Gasteiger partial charge in [0.2, 0.25) is 0 Å². The Bertz CT molecular complexity index is 1230. The molecule has 9 nitrogen and oxygen atoms in total. The van der Waals surface area contributed by atoms with Crippen LogP contribution in [-0.2, 0) is 11.3 Å². The van der Waals surface area contributed by atoms with Crippen molar-refractivity contribution in [3.05, 3.63) is 60.7 Å². The van der Waals surface area contributed by atoms with E-state index in [0.717, 1.165) is 0 Å². The molecule has 0 atom stereocenters. The first-order chi connectivity index (χ1) is 15.1. The molecule has 3 N–H and O–H groups in total. The zero-order chi connectivity index (χ0) is 21.8. The maximum absolute atomic E-state index is 14.8. The lowest BCUT2D eigenvalue weighted by molar-refractivity contribution is 0.184. The molecule has 1 amide bonds. The number of amides is 1. The first kappa shape index (κ1) is 20.2. The molecule has 158 valence electrons. The SMILES string of the molecule is COCCn1nc(-c2ccc(NC(=O)Oc3ccccc3)c(F)c2)c2c(N)ncnc21. The monoisotopic (exact) mass is 422 g/mol. The summed E-state index contributed by atoms with van der Waals surface area (Å²) in [5.41, 5.74) is 7.42. The van der Waals surface area contributed by atoms with Crippen LogP contribution in [0, 0.1) is 5.82 Å². The van der Waals surface area contributed by atoms with Gasteiger partial charge < -0.3 is 15.2 Å². The first-order valence-corrected chi connectivity index (χ1v) is 9.36. The fourth-order valence-corrected chi connectivity index (χ4v) is 3.06. The van der Waals surface area contributed by atoms with Gasteiger partial charge in [0, 0.05) is 12.7 Å². The van der Waals surface area contributed by atoms with E-state index in [1.54, 1.807) is 48.2 Å². The summed E-state index contributed by atoms with van der Waals surface area (Å²) in [6.45, 7) is 0.859. The smallest absolute Gasteiger partial charge is 0.410 e. The molecule has 0 aliphatic carbocycles. The Kier molecular flexibility index (Phi) is 5.72. The van der Waals surface area contributed by atoms with E-state index < -0.39 is 11.9 Å². The average Bonchev–Trinajstić information content (AvgIpc) is 3.14. The van der Waals surface area contributed by atoms with Crippen molar-refractivity contribution >= 4 is 28.6 Å². The van der Waals surface area contributed by atoms with E-state index in [2.05, 4.69) is 20.4 Å². The molecule has 0 unspecified atom stereocenters. The number of para-hydroxylation sites is 1. The third kappa shape index (κ3) is 4.28. The van der Waals surface area contributed by atoms with E-state index in [9.17, 15) is 9.18 Å². The molecule has 0 spiro atoms. The molecule has 0 aliphatic heterocycles. The second-order valence-corrected chi connectivity index (χ2v) is 6.54. The van der Waals surface area contributed by atoms with Gasteiger partial charge >= 0.3 is 6.09 Å². The van der Waals surface area contributed by atoms with Gasteiger partial charge in [-0.3, -0.25) is 5.32 Å². The summed E-state index contributed by atoms with van der Waals surface area (Å²) in [7, 11) is 1.58. The molecule has 2 aromatic carbocycles. The van der Waals surface area contributed by atoms with Crippen molar-refractivity contribution in [1.29, 1.82) is 0 Å². The Hall–Kier alpha value is -4.05. The normalized spacial score (nSPS) is 10.9. The number of aromatic nitrogens is 4. The largest absolute Gasteiger partial charge is 0.417 e. The number of nitrogen functional groups attached to an aromatic ring is 1. The summed E-state index contributed by atoms with van der Waals surface area (Å²) in [6, 6.07) is 12.8. The van der Waals surface area contributed by atoms with E-state index in [0.29, 0.717) is 41.2 Å². The van der Waals surface area contributed by atoms with Crippen LogP contribution in [0.4, 0.5) is 20.7 Å². The number of rotatable bonds is 6. The number of methoxy groups -OCH3 is 1. The molecule has 0 aliphatic rings. The van der Waals surface area contributed by atoms with Crippen LogP contribution in [0.1, 0.15) is 0 Å². The Morgan fingerprint density at radius 3 is 2.74 bits per heavy atom. The summed E-state index contributed by atoms with van der Waals surface area (Å²) < 4.78 is 26.6. The van der Waals surface area contributed by atoms with Crippen LogP contribution in [0.5, 0.6) is 5.75 Å². The van der Waals surface area contributed by atoms with Gasteiger partial charge in [-0.25, -0.2) is 23.8 Å². The van der Waals surface area contributed by atoms with Gasteiger partial charge in [0.25, 0.3) is 0 Å². The molecule has 2 heterocycles. The van der Waals surface area contributed by atoms with Crippen molar-refractivity contribution in [2.24, 2.45) is 0 Å². The zero-order valence-corrected chi connectivity index (χ0v) is 16.6. The molecule has 0 fully saturated rings. The van der Waals surface area contributed by atoms with Crippen LogP contribution in [0.25, 0.3) is 22.3 Å². The van der Waals surface area contributed by atoms with Crippen molar-refractivity contribution < 1.29 is 18.7 Å². The van der Waals surface area contributed by atoms with Crippen molar-refractivity contribution in [1.82, 2.24) is 19.7 Å². The maximum Gasteiger partial charge on any atom is 0.417 e. The lowest BCUT2D eigenvalue weighted by Crippen LogP contribution is -2.17. The summed E-state index contributed by atoms with van der Waals surface area (Å²) in [4.78, 5) is 20.3. The fraction of sp³-hybridized carbons (Fsp3) is 0.143. The lowest BCUT2D eigenvalue weighted by Gasteiger charge is -2.08. The summed E-state index contributed by atoms with van der Waals surface area (Å²) >= 11 is 0. The predicted molar refractivity (Wildman–Crippen MR) is 113 cm³/mol. The summed E-state index contributed by atoms with van der Waals surface area (Å²) in [5.74, 6) is -0.0733. The minimum Gasteiger partial charge on any atom is -0.410 e. The van der Waals surface area contributed by atoms with Crippen molar-refractivity contribution in [2.75, 3.05) is 24.8 Å². The van der Waals surface area contributed by atoms with Gasteiger partial charge in [0.1, 0.15) is 29.4 Å². The van der Waals surface area contributed by atoms with Crippen LogP contribution in [0.3, 0.4) is 0 Å². The number of hydrogen-bond donors (Lipinski definition) is 2. The summed E-state index contributed by atoms with van der Waals surface area (Å²) in [6.07, 6.45) is 0.544. The van der Waals surface area contributed by atoms with Gasteiger partial charge in [0.15, 0.2) is 5.65 Å². The number of halogens is 1. The molecule has 2 aromatic heterocycles. The molecule has 4 rings (SSSR count). The van der Waals surface area contributed by atoms with E-state index in [-0.39, 0.29) is 11.5 Å². The lowest BCUT2D eigenvalue weighted by atomic mass is 10.1. The predicted octanol–water partition coefficient (Wildman–Crippen LogP) is 3.47. The quantitative estimate of drug-likeness (QED) is 0.488. The standard InChI is InChI=1S/C21H19FN6O3/c1-30-10-9-28-20-17(19(23)24-12-25-20)18(27-28)13-7-8-16(15(22)11-13)26-21(29)31-14-5-3-2-4-6-14/h2-8,11-12H,9-10H2,1H3,(H,26,29)(H2,23,24,25). The Labute approximate surface area is 176 Å². The number of nitrogens with zero attached hydrogens (tertiary/aromatic N) is 4. The zero-order valence-electron chi connectivity index (χ0n) is 16.6. The second kappa shape index (κ2) is 8.76. The van der Waals surface area contributed by atoms with Gasteiger partial charge in [-0.15, -0.1) is 0 Å². The third-order valence-corrected chi connectivity index (χ3v) is 4.50. The van der Waals surface area contributed by atoms with E-state index in [4.69, 9.17) is 15.2 Å². The highest BCUT2D eigenvalue weighted by molar-refractivity contribution is 5.98. The Morgan fingerprint density at radius 2 is 2.00 bits per heavy atom. The number of fused-ring (bicyclic) bond motifs is 1. The van der Waals surface area contributed by atoms with E-state index in [1.165, 1.54) is 18.5 Å². The summed E-state index contributed by atoms with van der Waals surface area (Å²) in [5, 5.41) is 7.43. The van der Waals surface area contributed by atoms with Gasteiger partial charge in [0.05, 0.1) is 24.2 Å². The topological polar surface area (TPSA) is 117 Å². The first-order valence-electron chi connectivity index (χ1n) is 9.36. The van der Waals surface area contributed by atoms with Crippen LogP contribution >= 0.6 is 0 Å². The fourth-order valence-electron chi connectivity index (χ4n) is 3.06. The molecule has 10 heteroatoms. The highest BCUT2D eigenvalue weighted by Crippen LogP contribution is 2.32. The maximum atomic E-state index is 14.8. The molecular formula is C21H19FN6O3. The Morgan fingerprint density at radius 1 is 1.19 bits per heavy atom. The number of anilines is 2. The second-order valence-electron chi connectivity index (χ2n) is 6.54. The average molecular weight is 422 g/mol. The van der Waals surface area contributed by atoms with Crippen LogP contribution in [-0.4, -0.2) is 39.6 Å². The van der Waals surface area contributed by atoms with Gasteiger partial charge in [-0.2, -0.15) is 5.10 Å². The minimum absolute atomic E-state index is 0.0305. The van der Waals surface area contributed by atoms with E-state index >= 15 is 0 Å². The number of nitrogens with one attached hydrogen (secondary N) is 1. The molecule has 31 heavy (non-hydrogen) atoms. The third-order valence-electron chi connectivity index (χ3n) is 4.50. The van der Waals surface area contributed by atoms with Gasteiger partial charge in [-0.1, -0.05) is 24.3 Å². The number of carbonyl (C=O) groups is 1. The van der Waals surface area contributed by atoms with Crippen LogP contribution in [0.2, 0.25) is 0 Å². The van der Waals surface area contributed by atoms with Crippen molar-refractivity contribution in [3.8, 4) is 17.0 Å². The van der Waals surface area contributed by atoms with E-state index in [1.807, 2.05) is 0 Å². The number of carbonyl (C=O) groups excluding carboxylic acids is 1.